The summed E-state index contributed by atoms with van der Waals surface area (Å²) in [4.78, 5) is 16.6. The van der Waals surface area contributed by atoms with Crippen molar-refractivity contribution in [2.24, 2.45) is 4.99 Å². The molecule has 1 aromatic carbocycles. The van der Waals surface area contributed by atoms with Crippen molar-refractivity contribution in [3.05, 3.63) is 47.6 Å². The Labute approximate surface area is 204 Å². The fraction of sp³-hybridized carbons (Fsp3) is 0.536. The lowest BCUT2D eigenvalue weighted by molar-refractivity contribution is -0.143. The highest BCUT2D eigenvalue weighted by atomic mass is 16.5. The zero-order valence-corrected chi connectivity index (χ0v) is 21.2. The summed E-state index contributed by atoms with van der Waals surface area (Å²) in [5, 5.41) is 22.0. The van der Waals surface area contributed by atoms with Crippen molar-refractivity contribution in [1.82, 2.24) is 0 Å². The highest BCUT2D eigenvalue weighted by Crippen LogP contribution is 2.37. The predicted octanol–water partition coefficient (Wildman–Crippen LogP) is 6.48. The molecule has 2 rings (SSSR count). The Hall–Kier alpha value is -2.89. The Kier molecular flexibility index (Phi) is 11.0. The lowest BCUT2D eigenvalue weighted by atomic mass is 9.84. The summed E-state index contributed by atoms with van der Waals surface area (Å²) in [6.45, 7) is 9.06. The Bertz CT molecular complexity index is 924. The summed E-state index contributed by atoms with van der Waals surface area (Å²) < 4.78 is 5.41. The number of allylic oxidation sites excluding steroid dienone is 4. The normalized spacial score (nSPS) is 14.6. The molecule has 1 aliphatic carbocycles. The van der Waals surface area contributed by atoms with Gasteiger partial charge in [-0.2, -0.15) is 0 Å². The summed E-state index contributed by atoms with van der Waals surface area (Å²) in [6, 6.07) is 3.84. The van der Waals surface area contributed by atoms with Crippen LogP contribution in [0.2, 0.25) is 0 Å². The van der Waals surface area contributed by atoms with E-state index >= 15 is 0 Å². The number of aryl methyl sites for hydroxylation is 1. The molecule has 0 heterocycles. The number of aliphatic imine (C=N–C) groups is 1. The Morgan fingerprint density at radius 2 is 1.79 bits per heavy atom. The van der Waals surface area contributed by atoms with Crippen LogP contribution in [0, 0.1) is 5.41 Å². The summed E-state index contributed by atoms with van der Waals surface area (Å²) in [5.74, 6) is 0.00626. The Morgan fingerprint density at radius 3 is 2.50 bits per heavy atom. The maximum atomic E-state index is 12.2. The summed E-state index contributed by atoms with van der Waals surface area (Å²) in [6.07, 6.45) is 15.0. The molecule has 0 spiro atoms. The molecule has 0 amide bonds. The maximum Gasteiger partial charge on any atom is 0.306 e. The van der Waals surface area contributed by atoms with Gasteiger partial charge in [0, 0.05) is 12.0 Å². The fourth-order valence-corrected chi connectivity index (χ4v) is 3.75. The molecule has 0 aliphatic heterocycles. The first-order chi connectivity index (χ1) is 16.2. The zero-order chi connectivity index (χ0) is 25.0. The van der Waals surface area contributed by atoms with Crippen LogP contribution in [0.15, 0.2) is 41.4 Å². The van der Waals surface area contributed by atoms with E-state index in [0.29, 0.717) is 36.6 Å². The third kappa shape index (κ3) is 9.16. The van der Waals surface area contributed by atoms with Crippen molar-refractivity contribution in [3.8, 4) is 5.75 Å². The van der Waals surface area contributed by atoms with Crippen molar-refractivity contribution in [1.29, 1.82) is 5.41 Å². The van der Waals surface area contributed by atoms with E-state index in [1.165, 1.54) is 25.7 Å². The number of esters is 1. The van der Waals surface area contributed by atoms with Crippen LogP contribution < -0.4 is 5.32 Å². The van der Waals surface area contributed by atoms with Gasteiger partial charge in [0.1, 0.15) is 12.4 Å². The van der Waals surface area contributed by atoms with Crippen LogP contribution >= 0.6 is 0 Å². The largest absolute Gasteiger partial charge is 0.505 e. The molecule has 1 aliphatic rings. The van der Waals surface area contributed by atoms with E-state index in [1.807, 2.05) is 39.0 Å². The number of nitrogens with zero attached hydrogens (tertiary/aromatic N) is 1. The lowest BCUT2D eigenvalue weighted by Crippen LogP contribution is -2.15. The van der Waals surface area contributed by atoms with Gasteiger partial charge >= 0.3 is 5.97 Å². The number of nitrogens with one attached hydrogen (secondary N) is 2. The van der Waals surface area contributed by atoms with Crippen LogP contribution in [0.5, 0.6) is 5.75 Å². The number of phenolic OH excluding ortho intramolecular Hbond substituents is 1. The first-order valence-electron chi connectivity index (χ1n) is 12.5. The number of carbonyl (C=O) groups excluding carboxylic acids is 1. The number of hydrogen-bond donors (Lipinski definition) is 3. The monoisotopic (exact) mass is 467 g/mol. The van der Waals surface area contributed by atoms with Gasteiger partial charge in [-0.1, -0.05) is 78.0 Å². The van der Waals surface area contributed by atoms with Crippen LogP contribution in [0.1, 0.15) is 83.8 Å². The number of carbonyl (C=O) groups is 1. The van der Waals surface area contributed by atoms with E-state index in [9.17, 15) is 9.90 Å². The summed E-state index contributed by atoms with van der Waals surface area (Å²) in [5.41, 5.74) is 3.04. The number of unbranched alkanes of at least 4 members (excludes halogenated alkanes) is 5. The minimum absolute atomic E-state index is 0.185. The molecule has 6 heteroatoms. The molecular weight excluding hydrogens is 426 g/mol. The van der Waals surface area contributed by atoms with Gasteiger partial charge in [-0.15, -0.1) is 0 Å². The van der Waals surface area contributed by atoms with E-state index in [4.69, 9.17) is 10.1 Å². The molecule has 0 saturated heterocycles. The molecule has 6 nitrogen and oxygen atoms in total. The van der Waals surface area contributed by atoms with Crippen LogP contribution in [0.25, 0.3) is 0 Å². The molecule has 3 N–H and O–H groups in total. The Morgan fingerprint density at radius 1 is 1.09 bits per heavy atom. The van der Waals surface area contributed by atoms with Crippen molar-refractivity contribution in [2.45, 2.75) is 84.5 Å². The van der Waals surface area contributed by atoms with E-state index in [2.05, 4.69) is 17.2 Å². The van der Waals surface area contributed by atoms with Crippen LogP contribution in [0.4, 0.5) is 5.69 Å². The molecule has 0 fully saturated rings. The minimum Gasteiger partial charge on any atom is -0.505 e. The molecule has 1 aromatic rings. The van der Waals surface area contributed by atoms with Gasteiger partial charge in [0.15, 0.2) is 0 Å². The number of rotatable bonds is 13. The van der Waals surface area contributed by atoms with Crippen LogP contribution in [0.3, 0.4) is 0 Å². The molecule has 0 aromatic heterocycles. The SMILES string of the molecule is CCCCCCCCOC(=O)CCc1cc(NCN=C2C=CC=CC2=N)c(O)c(C(C)(C)C)c1. The Balaban J connectivity index is 1.96. The van der Waals surface area contributed by atoms with Gasteiger partial charge in [0.25, 0.3) is 0 Å². The van der Waals surface area contributed by atoms with Gasteiger partial charge in [-0.25, -0.2) is 0 Å². The second-order valence-corrected chi connectivity index (χ2v) is 9.79. The van der Waals surface area contributed by atoms with Gasteiger partial charge < -0.3 is 15.2 Å². The number of anilines is 1. The number of benzene rings is 1. The van der Waals surface area contributed by atoms with Gasteiger partial charge in [0.05, 0.1) is 23.7 Å². The first kappa shape index (κ1) is 27.4. The van der Waals surface area contributed by atoms with E-state index in [0.717, 1.165) is 24.0 Å². The third-order valence-electron chi connectivity index (χ3n) is 5.78. The van der Waals surface area contributed by atoms with Gasteiger partial charge in [-0.05, 0) is 42.0 Å². The quantitative estimate of drug-likeness (QED) is 0.134. The minimum atomic E-state index is -0.264. The topological polar surface area (TPSA) is 94.8 Å². The predicted molar refractivity (Wildman–Crippen MR) is 141 cm³/mol. The summed E-state index contributed by atoms with van der Waals surface area (Å²) >= 11 is 0. The smallest absolute Gasteiger partial charge is 0.306 e. The molecule has 0 bridgehead atoms. The molecular formula is C28H41N3O3. The first-order valence-corrected chi connectivity index (χ1v) is 12.5. The van der Waals surface area contributed by atoms with E-state index in [-0.39, 0.29) is 23.8 Å². The van der Waals surface area contributed by atoms with Crippen molar-refractivity contribution >= 4 is 23.1 Å². The van der Waals surface area contributed by atoms with Crippen molar-refractivity contribution in [3.63, 3.8) is 0 Å². The molecule has 0 unspecified atom stereocenters. The summed E-state index contributed by atoms with van der Waals surface area (Å²) in [7, 11) is 0. The molecule has 0 saturated carbocycles. The lowest BCUT2D eigenvalue weighted by Gasteiger charge is -2.23. The number of phenols is 1. The number of hydrogen-bond acceptors (Lipinski definition) is 6. The van der Waals surface area contributed by atoms with E-state index in [1.54, 1.807) is 18.2 Å². The molecule has 186 valence electrons. The molecule has 0 radical (unpaired) electrons. The average molecular weight is 468 g/mol. The van der Waals surface area contributed by atoms with Crippen molar-refractivity contribution in [2.75, 3.05) is 18.6 Å². The van der Waals surface area contributed by atoms with Gasteiger partial charge in [0.2, 0.25) is 0 Å². The third-order valence-corrected chi connectivity index (χ3v) is 5.78. The maximum absolute atomic E-state index is 12.2. The average Bonchev–Trinajstić information content (AvgIpc) is 2.79. The highest BCUT2D eigenvalue weighted by Gasteiger charge is 2.21. The molecule has 34 heavy (non-hydrogen) atoms. The number of aromatic hydroxyl groups is 1. The van der Waals surface area contributed by atoms with Crippen LogP contribution in [-0.2, 0) is 21.4 Å². The fourth-order valence-electron chi connectivity index (χ4n) is 3.75. The van der Waals surface area contributed by atoms with E-state index < -0.39 is 0 Å². The van der Waals surface area contributed by atoms with Gasteiger partial charge in [-0.3, -0.25) is 15.2 Å². The standard InChI is InChI=1S/C28H41N3O3/c1-5-6-7-8-9-12-17-34-26(32)16-15-21-18-22(28(2,3)4)27(33)25(19-21)31-20-30-24-14-11-10-13-23(24)29/h10-11,13-14,18-19,29,31,33H,5-9,12,15-17,20H2,1-4H3. The number of ether oxygens (including phenoxy) is 1. The highest BCUT2D eigenvalue weighted by molar-refractivity contribution is 6.50. The second kappa shape index (κ2) is 13.7. The van der Waals surface area contributed by atoms with Crippen LogP contribution in [-0.4, -0.2) is 35.8 Å². The molecule has 0 atom stereocenters. The van der Waals surface area contributed by atoms with Crippen molar-refractivity contribution < 1.29 is 14.6 Å². The second-order valence-electron chi connectivity index (χ2n) is 9.79. The zero-order valence-electron chi connectivity index (χ0n) is 21.2.